The summed E-state index contributed by atoms with van der Waals surface area (Å²) in [6.07, 6.45) is 2.05. The summed E-state index contributed by atoms with van der Waals surface area (Å²) in [4.78, 5) is 12.3. The number of ether oxygens (including phenoxy) is 1. The van der Waals surface area contributed by atoms with Crippen molar-refractivity contribution in [3.05, 3.63) is 81.9 Å². The Balaban J connectivity index is 1.43. The van der Waals surface area contributed by atoms with Gasteiger partial charge < -0.3 is 9.84 Å². The molecule has 5 heteroatoms. The predicted octanol–water partition coefficient (Wildman–Crippen LogP) is 6.57. The second kappa shape index (κ2) is 8.61. The normalized spacial score (nSPS) is 18.5. The summed E-state index contributed by atoms with van der Waals surface area (Å²) in [6, 6.07) is 18.7. The molecule has 1 unspecified atom stereocenters. The number of benzene rings is 3. The van der Waals surface area contributed by atoms with Gasteiger partial charge in [-0.25, -0.2) is 0 Å². The molecule has 1 aliphatic heterocycles. The largest absolute Gasteiger partial charge is 0.486 e. The quantitative estimate of drug-likeness (QED) is 0.471. The molecular formula is C28H25NO3S. The highest BCUT2D eigenvalue weighted by atomic mass is 32.2. The standard InChI is InChI=1S/C28H25NO3S/c1-16-10-18(14-29)11-17(2)28(16)24-5-3-4-23-22(24)8-9-25(23)32-20-6-7-21-19(12-27(30)31)15-33-26(21)13-20/h3-7,10-11,13,19,25H,8-9,12,15H2,1-2H3,(H,30,31)/t19-,25?/m1/s1. The molecule has 4 nitrogen and oxygen atoms in total. The molecule has 0 amide bonds. The number of aryl methyl sites for hydroxylation is 2. The fourth-order valence-electron chi connectivity index (χ4n) is 5.30. The molecule has 0 spiro atoms. The molecule has 3 aromatic carbocycles. The van der Waals surface area contributed by atoms with Crippen LogP contribution in [0, 0.1) is 25.2 Å². The van der Waals surface area contributed by atoms with Crippen molar-refractivity contribution in [1.82, 2.24) is 0 Å². The van der Waals surface area contributed by atoms with Gasteiger partial charge in [0, 0.05) is 16.6 Å². The Morgan fingerprint density at radius 2 is 1.94 bits per heavy atom. The van der Waals surface area contributed by atoms with Crippen molar-refractivity contribution < 1.29 is 14.6 Å². The maximum atomic E-state index is 11.1. The highest BCUT2D eigenvalue weighted by Crippen LogP contribution is 2.45. The van der Waals surface area contributed by atoms with Crippen molar-refractivity contribution in [2.75, 3.05) is 5.75 Å². The maximum Gasteiger partial charge on any atom is 0.303 e. The Kier molecular flexibility index (Phi) is 5.64. The van der Waals surface area contributed by atoms with E-state index in [1.54, 1.807) is 11.8 Å². The van der Waals surface area contributed by atoms with Gasteiger partial charge in [0.25, 0.3) is 0 Å². The number of nitriles is 1. The van der Waals surface area contributed by atoms with E-state index in [4.69, 9.17) is 9.84 Å². The lowest BCUT2D eigenvalue weighted by Gasteiger charge is -2.18. The molecule has 0 fully saturated rings. The minimum Gasteiger partial charge on any atom is -0.486 e. The number of carboxylic acids is 1. The fourth-order valence-corrected chi connectivity index (χ4v) is 6.58. The van der Waals surface area contributed by atoms with Gasteiger partial charge in [0.1, 0.15) is 11.9 Å². The van der Waals surface area contributed by atoms with E-state index in [1.165, 1.54) is 22.3 Å². The van der Waals surface area contributed by atoms with Crippen LogP contribution in [0.2, 0.25) is 0 Å². The van der Waals surface area contributed by atoms with E-state index in [9.17, 15) is 10.1 Å². The summed E-state index contributed by atoms with van der Waals surface area (Å²) in [5.41, 5.74) is 9.07. The van der Waals surface area contributed by atoms with Crippen molar-refractivity contribution in [2.24, 2.45) is 0 Å². The first-order valence-corrected chi connectivity index (χ1v) is 12.2. The fraction of sp³-hybridized carbons (Fsp3) is 0.286. The molecule has 0 radical (unpaired) electrons. The highest BCUT2D eigenvalue weighted by Gasteiger charge is 2.29. The van der Waals surface area contributed by atoms with E-state index >= 15 is 0 Å². The van der Waals surface area contributed by atoms with Crippen molar-refractivity contribution in [3.8, 4) is 22.9 Å². The second-order valence-electron chi connectivity index (χ2n) is 8.92. The van der Waals surface area contributed by atoms with Gasteiger partial charge in [-0.1, -0.05) is 24.3 Å². The van der Waals surface area contributed by atoms with Crippen LogP contribution in [-0.2, 0) is 11.2 Å². The van der Waals surface area contributed by atoms with Gasteiger partial charge in [0.2, 0.25) is 0 Å². The highest BCUT2D eigenvalue weighted by molar-refractivity contribution is 7.99. The summed E-state index contributed by atoms with van der Waals surface area (Å²) >= 11 is 1.72. The number of hydrogen-bond donors (Lipinski definition) is 1. The van der Waals surface area contributed by atoms with Crippen LogP contribution in [0.25, 0.3) is 11.1 Å². The van der Waals surface area contributed by atoms with Crippen LogP contribution in [0.5, 0.6) is 5.75 Å². The van der Waals surface area contributed by atoms with Crippen LogP contribution in [0.1, 0.15) is 58.2 Å². The Labute approximate surface area is 198 Å². The number of fused-ring (bicyclic) bond motifs is 2. The number of nitrogens with zero attached hydrogens (tertiary/aromatic N) is 1. The number of hydrogen-bond acceptors (Lipinski definition) is 4. The van der Waals surface area contributed by atoms with Gasteiger partial charge in [-0.2, -0.15) is 5.26 Å². The zero-order chi connectivity index (χ0) is 23.1. The van der Waals surface area contributed by atoms with Crippen LogP contribution in [-0.4, -0.2) is 16.8 Å². The minimum atomic E-state index is -0.750. The Morgan fingerprint density at radius 1 is 1.15 bits per heavy atom. The summed E-state index contributed by atoms with van der Waals surface area (Å²) in [5.74, 6) is 0.973. The predicted molar refractivity (Wildman–Crippen MR) is 130 cm³/mol. The molecule has 2 aliphatic rings. The topological polar surface area (TPSA) is 70.3 Å². The maximum absolute atomic E-state index is 11.1. The van der Waals surface area contributed by atoms with Crippen LogP contribution in [0.3, 0.4) is 0 Å². The van der Waals surface area contributed by atoms with E-state index in [0.29, 0.717) is 5.56 Å². The number of thioether (sulfide) groups is 1. The summed E-state index contributed by atoms with van der Waals surface area (Å²) in [7, 11) is 0. The molecule has 0 saturated heterocycles. The number of carboxylic acid groups (broad SMARTS) is 1. The molecule has 1 N–H and O–H groups in total. The molecule has 33 heavy (non-hydrogen) atoms. The van der Waals surface area contributed by atoms with Crippen molar-refractivity contribution in [2.45, 2.75) is 50.0 Å². The third-order valence-electron chi connectivity index (χ3n) is 6.71. The SMILES string of the molecule is Cc1cc(C#N)cc(C)c1-c1cccc2c1CCC2Oc1ccc2c(c1)SC[C@H]2CC(=O)O. The Bertz CT molecular complexity index is 1280. The average molecular weight is 456 g/mol. The van der Waals surface area contributed by atoms with Gasteiger partial charge in [-0.15, -0.1) is 11.8 Å². The monoisotopic (exact) mass is 455 g/mol. The lowest BCUT2D eigenvalue weighted by molar-refractivity contribution is -0.137. The first kappa shape index (κ1) is 21.6. The molecule has 166 valence electrons. The van der Waals surface area contributed by atoms with Crippen molar-refractivity contribution in [3.63, 3.8) is 0 Å². The van der Waals surface area contributed by atoms with E-state index in [2.05, 4.69) is 44.2 Å². The lowest BCUT2D eigenvalue weighted by Crippen LogP contribution is -2.06. The summed E-state index contributed by atoms with van der Waals surface area (Å²) in [5, 5.41) is 18.4. The van der Waals surface area contributed by atoms with Crippen molar-refractivity contribution in [1.29, 1.82) is 5.26 Å². The van der Waals surface area contributed by atoms with Crippen molar-refractivity contribution >= 4 is 17.7 Å². The zero-order valence-corrected chi connectivity index (χ0v) is 19.5. The van der Waals surface area contributed by atoms with E-state index in [0.717, 1.165) is 45.9 Å². The first-order valence-electron chi connectivity index (χ1n) is 11.2. The molecule has 1 aliphatic carbocycles. The number of carbonyl (C=O) groups is 1. The summed E-state index contributed by atoms with van der Waals surface area (Å²) in [6.45, 7) is 4.15. The van der Waals surface area contributed by atoms with Crippen LogP contribution in [0.4, 0.5) is 0 Å². The van der Waals surface area contributed by atoms with Gasteiger partial charge in [0.05, 0.1) is 18.1 Å². The molecular weight excluding hydrogens is 430 g/mol. The molecule has 3 aromatic rings. The summed E-state index contributed by atoms with van der Waals surface area (Å²) < 4.78 is 6.46. The Morgan fingerprint density at radius 3 is 2.67 bits per heavy atom. The number of rotatable bonds is 5. The van der Waals surface area contributed by atoms with E-state index in [1.807, 2.05) is 24.3 Å². The zero-order valence-electron chi connectivity index (χ0n) is 18.7. The van der Waals surface area contributed by atoms with Crippen LogP contribution >= 0.6 is 11.8 Å². The lowest BCUT2D eigenvalue weighted by atomic mass is 9.89. The van der Waals surface area contributed by atoms with E-state index in [-0.39, 0.29) is 18.4 Å². The molecule has 0 saturated carbocycles. The smallest absolute Gasteiger partial charge is 0.303 e. The molecule has 0 bridgehead atoms. The molecule has 0 aromatic heterocycles. The van der Waals surface area contributed by atoms with Crippen LogP contribution in [0.15, 0.2) is 53.4 Å². The second-order valence-corrected chi connectivity index (χ2v) is 9.98. The third-order valence-corrected chi connectivity index (χ3v) is 7.94. The number of aliphatic carboxylic acids is 1. The minimum absolute atomic E-state index is 0.00165. The van der Waals surface area contributed by atoms with Gasteiger partial charge in [-0.05, 0) is 89.9 Å². The Hall–Kier alpha value is -3.23. The van der Waals surface area contributed by atoms with E-state index < -0.39 is 5.97 Å². The van der Waals surface area contributed by atoms with Gasteiger partial charge in [0.15, 0.2) is 0 Å². The first-order chi connectivity index (χ1) is 15.9. The van der Waals surface area contributed by atoms with Gasteiger partial charge >= 0.3 is 5.97 Å². The molecule has 5 rings (SSSR count). The van der Waals surface area contributed by atoms with Gasteiger partial charge in [-0.3, -0.25) is 4.79 Å². The average Bonchev–Trinajstić information content (AvgIpc) is 3.37. The third kappa shape index (κ3) is 4.00. The molecule has 1 heterocycles. The van der Waals surface area contributed by atoms with Crippen LogP contribution < -0.4 is 4.74 Å². The molecule has 2 atom stereocenters.